The van der Waals surface area contributed by atoms with Gasteiger partial charge in [-0.1, -0.05) is 13.3 Å². The van der Waals surface area contributed by atoms with Gasteiger partial charge in [0.1, 0.15) is 0 Å². The highest BCUT2D eigenvalue weighted by Gasteiger charge is 2.19. The minimum Gasteiger partial charge on any atom is -0.330 e. The van der Waals surface area contributed by atoms with Crippen LogP contribution in [0.2, 0.25) is 0 Å². The highest BCUT2D eigenvalue weighted by atomic mass is 32.1. The van der Waals surface area contributed by atoms with Crippen LogP contribution in [0.5, 0.6) is 0 Å². The van der Waals surface area contributed by atoms with Crippen LogP contribution in [0.25, 0.3) is 0 Å². The number of nitrogens with two attached hydrogens (primary N) is 1. The Hall–Kier alpha value is -0.670. The molecule has 0 aromatic carbocycles. The first kappa shape index (κ1) is 11.4. The maximum absolute atomic E-state index is 12.0. The molecular formula is C11H17NOS. The molecule has 0 saturated heterocycles. The number of carbonyl (C=O) groups is 1. The summed E-state index contributed by atoms with van der Waals surface area (Å²) in [5.41, 5.74) is 6.46. The number of hydrogen-bond donors (Lipinski definition) is 1. The molecule has 1 atom stereocenters. The summed E-state index contributed by atoms with van der Waals surface area (Å²) in [6.07, 6.45) is 1.90. The predicted molar refractivity (Wildman–Crippen MR) is 60.8 cm³/mol. The zero-order chi connectivity index (χ0) is 10.6. The molecule has 1 unspecified atom stereocenters. The second kappa shape index (κ2) is 5.27. The molecule has 78 valence electrons. The lowest BCUT2D eigenvalue weighted by atomic mass is 9.94. The van der Waals surface area contributed by atoms with Crippen molar-refractivity contribution in [3.05, 3.63) is 21.9 Å². The van der Waals surface area contributed by atoms with Crippen molar-refractivity contribution in [2.45, 2.75) is 26.7 Å². The number of thiophene rings is 1. The molecule has 0 aliphatic carbocycles. The fourth-order valence-electron chi connectivity index (χ4n) is 1.56. The zero-order valence-corrected chi connectivity index (χ0v) is 9.56. The maximum atomic E-state index is 12.0. The average molecular weight is 211 g/mol. The molecule has 0 radical (unpaired) electrons. The lowest BCUT2D eigenvalue weighted by Crippen LogP contribution is -2.23. The van der Waals surface area contributed by atoms with Gasteiger partial charge in [0, 0.05) is 22.9 Å². The summed E-state index contributed by atoms with van der Waals surface area (Å²) in [5.74, 6) is 0.224. The molecule has 0 aliphatic heterocycles. The van der Waals surface area contributed by atoms with Gasteiger partial charge in [-0.2, -0.15) is 0 Å². The fraction of sp³-hybridized carbons (Fsp3) is 0.545. The molecule has 2 nitrogen and oxygen atoms in total. The minimum absolute atomic E-state index is 0.00769. The summed E-state index contributed by atoms with van der Waals surface area (Å²) < 4.78 is 0. The number of aryl methyl sites for hydroxylation is 1. The van der Waals surface area contributed by atoms with Gasteiger partial charge in [0.2, 0.25) is 0 Å². The van der Waals surface area contributed by atoms with Crippen LogP contribution < -0.4 is 5.73 Å². The van der Waals surface area contributed by atoms with Gasteiger partial charge in [-0.05, 0) is 24.8 Å². The number of ketones is 1. The summed E-state index contributed by atoms with van der Waals surface area (Å²) in [6.45, 7) is 4.52. The normalized spacial score (nSPS) is 12.8. The Kier molecular flexibility index (Phi) is 4.29. The van der Waals surface area contributed by atoms with Crippen LogP contribution in [0.4, 0.5) is 0 Å². The summed E-state index contributed by atoms with van der Waals surface area (Å²) in [6, 6.07) is 1.90. The van der Waals surface area contributed by atoms with Crippen molar-refractivity contribution in [2.75, 3.05) is 6.54 Å². The van der Waals surface area contributed by atoms with Gasteiger partial charge in [-0.25, -0.2) is 0 Å². The van der Waals surface area contributed by atoms with Crippen molar-refractivity contribution in [3.63, 3.8) is 0 Å². The standard InChI is InChI=1S/C11H17NOS/c1-3-4-9(7-12)11(13)10-5-6-14-8(10)2/h5-6,9H,3-4,7,12H2,1-2H3. The SMILES string of the molecule is CCCC(CN)C(=O)c1ccsc1C. The summed E-state index contributed by atoms with van der Waals surface area (Å²) in [7, 11) is 0. The maximum Gasteiger partial charge on any atom is 0.168 e. The van der Waals surface area contributed by atoms with E-state index in [0.29, 0.717) is 6.54 Å². The van der Waals surface area contributed by atoms with E-state index in [2.05, 4.69) is 6.92 Å². The zero-order valence-electron chi connectivity index (χ0n) is 8.75. The van der Waals surface area contributed by atoms with Crippen LogP contribution in [0.1, 0.15) is 35.0 Å². The van der Waals surface area contributed by atoms with Crippen molar-refractivity contribution in [1.29, 1.82) is 0 Å². The van der Waals surface area contributed by atoms with Crippen LogP contribution in [0.3, 0.4) is 0 Å². The molecule has 0 amide bonds. The molecule has 1 heterocycles. The first-order chi connectivity index (χ1) is 6.70. The molecule has 2 N–H and O–H groups in total. The van der Waals surface area contributed by atoms with E-state index < -0.39 is 0 Å². The summed E-state index contributed by atoms with van der Waals surface area (Å²) in [4.78, 5) is 13.1. The van der Waals surface area contributed by atoms with E-state index in [-0.39, 0.29) is 11.7 Å². The topological polar surface area (TPSA) is 43.1 Å². The lowest BCUT2D eigenvalue weighted by molar-refractivity contribution is 0.0917. The van der Waals surface area contributed by atoms with E-state index in [1.165, 1.54) is 0 Å². The second-order valence-electron chi connectivity index (χ2n) is 3.48. The molecule has 1 aromatic rings. The van der Waals surface area contributed by atoms with Crippen LogP contribution >= 0.6 is 11.3 Å². The van der Waals surface area contributed by atoms with Gasteiger partial charge in [-0.3, -0.25) is 4.79 Å². The van der Waals surface area contributed by atoms with Crippen molar-refractivity contribution in [1.82, 2.24) is 0 Å². The Morgan fingerprint density at radius 2 is 2.36 bits per heavy atom. The number of rotatable bonds is 5. The van der Waals surface area contributed by atoms with Gasteiger partial charge in [0.25, 0.3) is 0 Å². The predicted octanol–water partition coefficient (Wildman–Crippen LogP) is 2.61. The van der Waals surface area contributed by atoms with Gasteiger partial charge in [-0.15, -0.1) is 11.3 Å². The van der Waals surface area contributed by atoms with Crippen molar-refractivity contribution in [2.24, 2.45) is 11.7 Å². The molecule has 0 fully saturated rings. The summed E-state index contributed by atoms with van der Waals surface area (Å²) >= 11 is 1.62. The molecule has 1 rings (SSSR count). The average Bonchev–Trinajstić information content (AvgIpc) is 2.59. The first-order valence-electron chi connectivity index (χ1n) is 4.99. The smallest absolute Gasteiger partial charge is 0.168 e. The number of carbonyl (C=O) groups excluding carboxylic acids is 1. The quantitative estimate of drug-likeness (QED) is 0.761. The molecule has 0 spiro atoms. The van der Waals surface area contributed by atoms with Crippen molar-refractivity contribution >= 4 is 17.1 Å². The second-order valence-corrected chi connectivity index (χ2v) is 4.60. The molecular weight excluding hydrogens is 194 g/mol. The van der Waals surface area contributed by atoms with Crippen LogP contribution in [0, 0.1) is 12.8 Å². The van der Waals surface area contributed by atoms with Crippen LogP contribution in [-0.2, 0) is 0 Å². The molecule has 14 heavy (non-hydrogen) atoms. The third-order valence-electron chi connectivity index (χ3n) is 2.42. The molecule has 0 bridgehead atoms. The highest BCUT2D eigenvalue weighted by Crippen LogP contribution is 2.20. The lowest BCUT2D eigenvalue weighted by Gasteiger charge is -2.11. The summed E-state index contributed by atoms with van der Waals surface area (Å²) in [5, 5.41) is 1.96. The third kappa shape index (κ3) is 2.42. The Labute approximate surface area is 89.1 Å². The molecule has 1 aromatic heterocycles. The van der Waals surface area contributed by atoms with Crippen molar-refractivity contribution in [3.8, 4) is 0 Å². The largest absolute Gasteiger partial charge is 0.330 e. The molecule has 3 heteroatoms. The van der Waals surface area contributed by atoms with E-state index in [9.17, 15) is 4.79 Å². The Morgan fingerprint density at radius 3 is 2.79 bits per heavy atom. The fourth-order valence-corrected chi connectivity index (χ4v) is 2.27. The minimum atomic E-state index is 0.00769. The Morgan fingerprint density at radius 1 is 1.64 bits per heavy atom. The molecule has 0 saturated carbocycles. The molecule has 0 aliphatic rings. The van der Waals surface area contributed by atoms with Gasteiger partial charge < -0.3 is 5.73 Å². The van der Waals surface area contributed by atoms with E-state index in [1.807, 2.05) is 18.4 Å². The third-order valence-corrected chi connectivity index (χ3v) is 3.26. The van der Waals surface area contributed by atoms with E-state index >= 15 is 0 Å². The Balaban J connectivity index is 2.78. The van der Waals surface area contributed by atoms with Crippen molar-refractivity contribution < 1.29 is 4.79 Å². The van der Waals surface area contributed by atoms with Gasteiger partial charge in [0.15, 0.2) is 5.78 Å². The number of hydrogen-bond acceptors (Lipinski definition) is 3. The van der Waals surface area contributed by atoms with Crippen LogP contribution in [-0.4, -0.2) is 12.3 Å². The Bertz CT molecular complexity index is 306. The van der Waals surface area contributed by atoms with E-state index in [1.54, 1.807) is 11.3 Å². The monoisotopic (exact) mass is 211 g/mol. The van der Waals surface area contributed by atoms with Gasteiger partial charge in [0.05, 0.1) is 0 Å². The van der Waals surface area contributed by atoms with E-state index in [0.717, 1.165) is 23.3 Å². The van der Waals surface area contributed by atoms with Gasteiger partial charge >= 0.3 is 0 Å². The highest BCUT2D eigenvalue weighted by molar-refractivity contribution is 7.10. The number of Topliss-reactive ketones (excluding diaryl/α,β-unsaturated/α-hetero) is 1. The first-order valence-corrected chi connectivity index (χ1v) is 5.87. The van der Waals surface area contributed by atoms with Crippen LogP contribution in [0.15, 0.2) is 11.4 Å². The van der Waals surface area contributed by atoms with E-state index in [4.69, 9.17) is 5.73 Å².